The number of likely N-dealkylation sites (tertiary alicyclic amines) is 1. The number of aliphatic carboxylic acids is 1. The molecule has 1 heterocycles. The molecule has 0 amide bonds. The van der Waals surface area contributed by atoms with Crippen LogP contribution < -0.4 is 0 Å². The first-order valence-corrected chi connectivity index (χ1v) is 6.49. The monoisotopic (exact) mass is 227 g/mol. The van der Waals surface area contributed by atoms with Crippen molar-refractivity contribution < 1.29 is 9.90 Å². The van der Waals surface area contributed by atoms with Crippen LogP contribution in [0.2, 0.25) is 0 Å². The molecule has 3 heteroatoms. The van der Waals surface area contributed by atoms with Crippen molar-refractivity contribution in [2.45, 2.75) is 46.5 Å². The zero-order valence-electron chi connectivity index (χ0n) is 10.8. The lowest BCUT2D eigenvalue weighted by Crippen LogP contribution is -2.56. The van der Waals surface area contributed by atoms with Gasteiger partial charge in [-0.25, -0.2) is 0 Å². The number of carbonyl (C=O) groups is 1. The second-order valence-electron chi connectivity index (χ2n) is 5.25. The van der Waals surface area contributed by atoms with Crippen LogP contribution in [-0.4, -0.2) is 35.6 Å². The van der Waals surface area contributed by atoms with Crippen molar-refractivity contribution in [1.82, 2.24) is 4.90 Å². The predicted octanol–water partition coefficient (Wildman–Crippen LogP) is 2.61. The van der Waals surface area contributed by atoms with Gasteiger partial charge in [0.25, 0.3) is 0 Å². The Morgan fingerprint density at radius 1 is 1.31 bits per heavy atom. The summed E-state index contributed by atoms with van der Waals surface area (Å²) >= 11 is 0. The lowest BCUT2D eigenvalue weighted by molar-refractivity contribution is -0.138. The van der Waals surface area contributed by atoms with Crippen LogP contribution in [0.5, 0.6) is 0 Å². The fraction of sp³-hybridized carbons (Fsp3) is 0.923. The molecule has 0 bridgehead atoms. The maximum absolute atomic E-state index is 10.7. The smallest absolute Gasteiger partial charge is 0.303 e. The summed E-state index contributed by atoms with van der Waals surface area (Å²) in [7, 11) is 0. The van der Waals surface area contributed by atoms with Crippen molar-refractivity contribution in [2.75, 3.05) is 19.6 Å². The fourth-order valence-electron chi connectivity index (χ4n) is 2.68. The van der Waals surface area contributed by atoms with Crippen LogP contribution >= 0.6 is 0 Å². The molecule has 0 radical (unpaired) electrons. The van der Waals surface area contributed by atoms with Crippen molar-refractivity contribution in [3.63, 3.8) is 0 Å². The van der Waals surface area contributed by atoms with Gasteiger partial charge < -0.3 is 10.0 Å². The fourth-order valence-corrected chi connectivity index (χ4v) is 2.68. The van der Waals surface area contributed by atoms with Gasteiger partial charge in [-0.3, -0.25) is 4.79 Å². The average Bonchev–Trinajstić information content (AvgIpc) is 2.20. The van der Waals surface area contributed by atoms with Gasteiger partial charge >= 0.3 is 5.97 Å². The third kappa shape index (κ3) is 3.21. The van der Waals surface area contributed by atoms with Crippen LogP contribution in [0.3, 0.4) is 0 Å². The average molecular weight is 227 g/mol. The molecule has 0 aliphatic carbocycles. The molecular weight excluding hydrogens is 202 g/mol. The molecule has 1 aliphatic heterocycles. The Bertz CT molecular complexity index is 228. The summed E-state index contributed by atoms with van der Waals surface area (Å²) in [5.74, 6) is -0.339. The standard InChI is InChI=1S/C13H25NO2/c1-4-11(7-12(15)16)8-14-9-13(5-2,6-3)10-14/h11H,4-10H2,1-3H3,(H,15,16). The van der Waals surface area contributed by atoms with E-state index in [2.05, 4.69) is 25.7 Å². The van der Waals surface area contributed by atoms with Crippen LogP contribution in [-0.2, 0) is 4.79 Å². The predicted molar refractivity (Wildman–Crippen MR) is 65.5 cm³/mol. The van der Waals surface area contributed by atoms with Crippen molar-refractivity contribution in [2.24, 2.45) is 11.3 Å². The van der Waals surface area contributed by atoms with E-state index in [1.54, 1.807) is 0 Å². The number of nitrogens with zero attached hydrogens (tertiary/aromatic N) is 1. The molecule has 16 heavy (non-hydrogen) atoms. The van der Waals surface area contributed by atoms with E-state index >= 15 is 0 Å². The summed E-state index contributed by atoms with van der Waals surface area (Å²) in [6, 6.07) is 0. The minimum absolute atomic E-state index is 0.318. The molecule has 1 atom stereocenters. The first-order valence-electron chi connectivity index (χ1n) is 6.49. The molecule has 1 unspecified atom stereocenters. The normalized spacial score (nSPS) is 21.4. The highest BCUT2D eigenvalue weighted by atomic mass is 16.4. The summed E-state index contributed by atoms with van der Waals surface area (Å²) in [5, 5.41) is 8.80. The van der Waals surface area contributed by atoms with Gasteiger partial charge in [-0.1, -0.05) is 27.2 Å². The van der Waals surface area contributed by atoms with Crippen molar-refractivity contribution in [3.8, 4) is 0 Å². The Labute approximate surface area is 98.8 Å². The quantitative estimate of drug-likeness (QED) is 0.727. The molecule has 0 saturated carbocycles. The van der Waals surface area contributed by atoms with Gasteiger partial charge in [0, 0.05) is 26.1 Å². The highest BCUT2D eigenvalue weighted by Crippen LogP contribution is 2.37. The molecule has 1 N–H and O–H groups in total. The zero-order valence-corrected chi connectivity index (χ0v) is 10.8. The summed E-state index contributed by atoms with van der Waals surface area (Å²) in [6.07, 6.45) is 3.78. The SMILES string of the molecule is CCC(CC(=O)O)CN1CC(CC)(CC)C1. The highest BCUT2D eigenvalue weighted by Gasteiger charge is 2.40. The minimum Gasteiger partial charge on any atom is -0.481 e. The molecule has 0 aromatic rings. The van der Waals surface area contributed by atoms with E-state index in [0.717, 1.165) is 26.1 Å². The second kappa shape index (κ2) is 5.67. The van der Waals surface area contributed by atoms with Crippen LogP contribution in [0.1, 0.15) is 46.5 Å². The molecule has 3 nitrogen and oxygen atoms in total. The van der Waals surface area contributed by atoms with Crippen LogP contribution in [0.25, 0.3) is 0 Å². The van der Waals surface area contributed by atoms with Crippen molar-refractivity contribution >= 4 is 5.97 Å². The summed E-state index contributed by atoms with van der Waals surface area (Å²) in [4.78, 5) is 13.1. The Hall–Kier alpha value is -0.570. The van der Waals surface area contributed by atoms with E-state index in [4.69, 9.17) is 5.11 Å². The third-order valence-electron chi connectivity index (χ3n) is 4.18. The molecule has 1 aliphatic rings. The van der Waals surface area contributed by atoms with Gasteiger partial charge in [-0.05, 0) is 24.2 Å². The van der Waals surface area contributed by atoms with E-state index in [1.165, 1.54) is 12.8 Å². The molecule has 0 aromatic heterocycles. The van der Waals surface area contributed by atoms with E-state index < -0.39 is 5.97 Å². The molecule has 94 valence electrons. The summed E-state index contributed by atoms with van der Waals surface area (Å²) < 4.78 is 0. The number of hydrogen-bond acceptors (Lipinski definition) is 2. The van der Waals surface area contributed by atoms with Crippen LogP contribution in [0.15, 0.2) is 0 Å². The Kier molecular flexibility index (Phi) is 4.78. The van der Waals surface area contributed by atoms with Crippen LogP contribution in [0.4, 0.5) is 0 Å². The van der Waals surface area contributed by atoms with E-state index in [0.29, 0.717) is 17.8 Å². The summed E-state index contributed by atoms with van der Waals surface area (Å²) in [6.45, 7) is 9.89. The number of rotatable bonds is 7. The molecule has 1 fully saturated rings. The van der Waals surface area contributed by atoms with Crippen molar-refractivity contribution in [3.05, 3.63) is 0 Å². The lowest BCUT2D eigenvalue weighted by Gasteiger charge is -2.51. The van der Waals surface area contributed by atoms with Crippen molar-refractivity contribution in [1.29, 1.82) is 0 Å². The van der Waals surface area contributed by atoms with E-state index in [9.17, 15) is 4.79 Å². The molecule has 1 rings (SSSR count). The molecule has 1 saturated heterocycles. The number of carboxylic acid groups (broad SMARTS) is 1. The molecule has 0 spiro atoms. The first kappa shape index (κ1) is 13.5. The maximum atomic E-state index is 10.7. The van der Waals surface area contributed by atoms with Gasteiger partial charge in [0.2, 0.25) is 0 Å². The van der Waals surface area contributed by atoms with Gasteiger partial charge in [0.05, 0.1) is 0 Å². The minimum atomic E-state index is -0.662. The number of hydrogen-bond donors (Lipinski definition) is 1. The Morgan fingerprint density at radius 3 is 2.25 bits per heavy atom. The van der Waals surface area contributed by atoms with Gasteiger partial charge in [0.15, 0.2) is 0 Å². The summed E-state index contributed by atoms with van der Waals surface area (Å²) in [5.41, 5.74) is 0.529. The van der Waals surface area contributed by atoms with Gasteiger partial charge in [-0.15, -0.1) is 0 Å². The largest absolute Gasteiger partial charge is 0.481 e. The third-order valence-corrected chi connectivity index (χ3v) is 4.18. The first-order chi connectivity index (χ1) is 7.55. The van der Waals surface area contributed by atoms with Gasteiger partial charge in [-0.2, -0.15) is 0 Å². The zero-order chi connectivity index (χ0) is 12.2. The maximum Gasteiger partial charge on any atom is 0.303 e. The Balaban J connectivity index is 2.32. The molecular formula is C13H25NO2. The van der Waals surface area contributed by atoms with Gasteiger partial charge in [0.1, 0.15) is 0 Å². The Morgan fingerprint density at radius 2 is 1.88 bits per heavy atom. The highest BCUT2D eigenvalue weighted by molar-refractivity contribution is 5.67. The topological polar surface area (TPSA) is 40.5 Å². The molecule has 0 aromatic carbocycles. The number of carboxylic acids is 1. The van der Waals surface area contributed by atoms with E-state index in [-0.39, 0.29) is 0 Å². The lowest BCUT2D eigenvalue weighted by atomic mass is 9.74. The van der Waals surface area contributed by atoms with E-state index in [1.807, 2.05) is 0 Å². The second-order valence-corrected chi connectivity index (χ2v) is 5.25. The van der Waals surface area contributed by atoms with Crippen LogP contribution in [0, 0.1) is 11.3 Å².